The van der Waals surface area contributed by atoms with Crippen LogP contribution in [-0.4, -0.2) is 51.0 Å². The average molecular weight is 457 g/mol. The molecular weight excluding hydrogens is 420 g/mol. The smallest absolute Gasteiger partial charge is 0.223 e. The summed E-state index contributed by atoms with van der Waals surface area (Å²) in [6.07, 6.45) is 13.6. The van der Waals surface area contributed by atoms with Crippen LogP contribution < -0.4 is 5.32 Å². The van der Waals surface area contributed by atoms with Crippen molar-refractivity contribution in [3.05, 3.63) is 59.7 Å². The topological polar surface area (TPSA) is 66.8 Å². The molecule has 5 rings (SSSR count). The molecule has 1 aromatic carbocycles. The highest BCUT2D eigenvalue weighted by Crippen LogP contribution is 2.27. The second kappa shape index (κ2) is 10.2. The first-order valence-electron chi connectivity index (χ1n) is 12.8. The molecule has 3 heterocycles. The van der Waals surface area contributed by atoms with Crippen LogP contribution in [0.4, 0.5) is 5.95 Å². The highest BCUT2D eigenvalue weighted by atomic mass is 15.1. The fraction of sp³-hybridized carbons (Fsp3) is 0.500. The number of anilines is 1. The van der Waals surface area contributed by atoms with Crippen molar-refractivity contribution < 1.29 is 0 Å². The fourth-order valence-corrected chi connectivity index (χ4v) is 5.32. The van der Waals surface area contributed by atoms with E-state index in [1.807, 2.05) is 25.4 Å². The van der Waals surface area contributed by atoms with Crippen LogP contribution in [0.15, 0.2) is 37.2 Å². The second-order valence-electron chi connectivity index (χ2n) is 10.2. The maximum atomic E-state index is 4.97. The van der Waals surface area contributed by atoms with E-state index in [9.17, 15) is 0 Å². The van der Waals surface area contributed by atoms with Crippen LogP contribution in [0, 0.1) is 12.8 Å². The quantitative estimate of drug-likeness (QED) is 0.534. The Hall–Kier alpha value is -2.86. The lowest BCUT2D eigenvalue weighted by atomic mass is 9.92. The van der Waals surface area contributed by atoms with Crippen LogP contribution in [0.25, 0.3) is 16.6 Å². The predicted molar refractivity (Wildman–Crippen MR) is 139 cm³/mol. The zero-order valence-corrected chi connectivity index (χ0v) is 20.6. The van der Waals surface area contributed by atoms with Crippen molar-refractivity contribution in [2.24, 2.45) is 5.92 Å². The van der Waals surface area contributed by atoms with Crippen LogP contribution in [0.5, 0.6) is 0 Å². The van der Waals surface area contributed by atoms with E-state index in [2.05, 4.69) is 45.9 Å². The third kappa shape index (κ3) is 5.27. The molecule has 1 saturated heterocycles. The summed E-state index contributed by atoms with van der Waals surface area (Å²) in [5, 5.41) is 3.52. The molecule has 2 aromatic heterocycles. The van der Waals surface area contributed by atoms with Gasteiger partial charge < -0.3 is 10.2 Å². The Morgan fingerprint density at radius 2 is 1.79 bits per heavy atom. The van der Waals surface area contributed by atoms with Gasteiger partial charge in [0.1, 0.15) is 0 Å². The summed E-state index contributed by atoms with van der Waals surface area (Å²) in [7, 11) is 2.20. The van der Waals surface area contributed by atoms with Gasteiger partial charge in [-0.05, 0) is 88.4 Å². The summed E-state index contributed by atoms with van der Waals surface area (Å²) in [6, 6.07) is 6.71. The molecule has 0 spiro atoms. The molecule has 0 unspecified atom stereocenters. The molecule has 6 heteroatoms. The zero-order valence-electron chi connectivity index (χ0n) is 20.6. The van der Waals surface area contributed by atoms with Crippen molar-refractivity contribution in [3.8, 4) is 0 Å². The molecule has 2 fully saturated rings. The van der Waals surface area contributed by atoms with Crippen LogP contribution in [-0.2, 0) is 6.42 Å². The van der Waals surface area contributed by atoms with Gasteiger partial charge in [0, 0.05) is 24.0 Å². The lowest BCUT2D eigenvalue weighted by molar-refractivity contribution is 0.218. The molecule has 34 heavy (non-hydrogen) atoms. The van der Waals surface area contributed by atoms with Crippen molar-refractivity contribution in [2.45, 2.75) is 64.3 Å². The van der Waals surface area contributed by atoms with E-state index < -0.39 is 0 Å². The van der Waals surface area contributed by atoms with Crippen molar-refractivity contribution in [2.75, 3.05) is 25.5 Å². The first kappa shape index (κ1) is 22.9. The molecule has 6 nitrogen and oxygen atoms in total. The molecule has 0 amide bonds. The fourth-order valence-electron chi connectivity index (χ4n) is 5.32. The van der Waals surface area contributed by atoms with Gasteiger partial charge in [0.2, 0.25) is 5.95 Å². The maximum Gasteiger partial charge on any atom is 0.223 e. The molecule has 1 aliphatic heterocycles. The normalized spacial score (nSPS) is 18.3. The van der Waals surface area contributed by atoms with Gasteiger partial charge in [0.05, 0.1) is 22.4 Å². The summed E-state index contributed by atoms with van der Waals surface area (Å²) in [5.74, 6) is 1.42. The Labute approximate surface area is 202 Å². The third-order valence-electron chi connectivity index (χ3n) is 7.52. The van der Waals surface area contributed by atoms with Crippen molar-refractivity contribution >= 4 is 22.6 Å². The molecule has 0 atom stereocenters. The van der Waals surface area contributed by atoms with Gasteiger partial charge >= 0.3 is 0 Å². The van der Waals surface area contributed by atoms with E-state index in [-0.39, 0.29) is 0 Å². The van der Waals surface area contributed by atoms with E-state index in [1.54, 1.807) is 0 Å². The van der Waals surface area contributed by atoms with Gasteiger partial charge in [-0.2, -0.15) is 0 Å². The molecule has 3 aromatic rings. The lowest BCUT2D eigenvalue weighted by Gasteiger charge is -2.28. The van der Waals surface area contributed by atoms with E-state index in [0.717, 1.165) is 51.5 Å². The van der Waals surface area contributed by atoms with Crippen molar-refractivity contribution in [1.82, 2.24) is 24.8 Å². The minimum Gasteiger partial charge on any atom is -0.351 e. The number of rotatable bonds is 6. The number of likely N-dealkylation sites (tertiary alicyclic amines) is 1. The minimum absolute atomic E-state index is 0.491. The minimum atomic E-state index is 0.491. The Balaban J connectivity index is 1.32. The highest BCUT2D eigenvalue weighted by molar-refractivity contribution is 5.85. The SMILES string of the molecule is C=C(c1ccc2ncc(CC3CCN(C)CC3)nc2c1)c1cnc(NC2CCCCC2)nc1C. The third-order valence-corrected chi connectivity index (χ3v) is 7.52. The average Bonchev–Trinajstić information content (AvgIpc) is 2.85. The molecule has 1 saturated carbocycles. The molecule has 1 aliphatic carbocycles. The Morgan fingerprint density at radius 1 is 1.00 bits per heavy atom. The first-order chi connectivity index (χ1) is 16.5. The largest absolute Gasteiger partial charge is 0.351 e. The van der Waals surface area contributed by atoms with Crippen molar-refractivity contribution in [1.29, 1.82) is 0 Å². The van der Waals surface area contributed by atoms with Crippen LogP contribution in [0.3, 0.4) is 0 Å². The van der Waals surface area contributed by atoms with E-state index in [4.69, 9.17) is 9.97 Å². The monoisotopic (exact) mass is 456 g/mol. The van der Waals surface area contributed by atoms with Gasteiger partial charge in [-0.15, -0.1) is 0 Å². The first-order valence-corrected chi connectivity index (χ1v) is 12.8. The lowest BCUT2D eigenvalue weighted by Crippen LogP contribution is -2.31. The van der Waals surface area contributed by atoms with Gasteiger partial charge in [0.15, 0.2) is 0 Å². The zero-order chi connectivity index (χ0) is 23.5. The number of hydrogen-bond acceptors (Lipinski definition) is 6. The summed E-state index contributed by atoms with van der Waals surface area (Å²) in [5.41, 5.74) is 6.82. The van der Waals surface area contributed by atoms with E-state index >= 15 is 0 Å². The summed E-state index contributed by atoms with van der Waals surface area (Å²) in [4.78, 5) is 21.4. The number of nitrogens with one attached hydrogen (secondary N) is 1. The Kier molecular flexibility index (Phi) is 6.86. The Morgan fingerprint density at radius 3 is 2.56 bits per heavy atom. The predicted octanol–water partition coefficient (Wildman–Crippen LogP) is 5.42. The number of benzene rings is 1. The molecule has 0 radical (unpaired) electrons. The molecule has 178 valence electrons. The van der Waals surface area contributed by atoms with Crippen molar-refractivity contribution in [3.63, 3.8) is 0 Å². The standard InChI is InChI=1S/C28H36N6/c1-19(25-18-30-28(31-20(25)2)33-23-7-5-4-6-8-23)22-9-10-26-27(16-22)32-24(17-29-26)15-21-11-13-34(3)14-12-21/h9-10,16-18,21,23H,1,4-8,11-15H2,2-3H3,(H,30,31,33). The van der Waals surface area contributed by atoms with Gasteiger partial charge in [-0.3, -0.25) is 4.98 Å². The van der Waals surface area contributed by atoms with E-state index in [0.29, 0.717) is 12.0 Å². The Bertz CT molecular complexity index is 1160. The van der Waals surface area contributed by atoms with Crippen LogP contribution in [0.1, 0.15) is 67.5 Å². The summed E-state index contributed by atoms with van der Waals surface area (Å²) < 4.78 is 0. The second-order valence-corrected chi connectivity index (χ2v) is 10.2. The van der Waals surface area contributed by atoms with Crippen LogP contribution >= 0.6 is 0 Å². The van der Waals surface area contributed by atoms with Crippen LogP contribution in [0.2, 0.25) is 0 Å². The van der Waals surface area contributed by atoms with Gasteiger partial charge in [-0.1, -0.05) is 31.9 Å². The number of fused-ring (bicyclic) bond motifs is 1. The number of hydrogen-bond donors (Lipinski definition) is 1. The number of nitrogens with zero attached hydrogens (tertiary/aromatic N) is 5. The summed E-state index contributed by atoms with van der Waals surface area (Å²) in [6.45, 7) is 8.76. The maximum absolute atomic E-state index is 4.97. The molecule has 2 aliphatic rings. The molecular formula is C28H36N6. The van der Waals surface area contributed by atoms with Gasteiger partial charge in [-0.25, -0.2) is 15.0 Å². The van der Waals surface area contributed by atoms with E-state index in [1.165, 1.54) is 58.0 Å². The number of aryl methyl sites for hydroxylation is 1. The van der Waals surface area contributed by atoms with Gasteiger partial charge in [0.25, 0.3) is 0 Å². The number of piperidine rings is 1. The summed E-state index contributed by atoms with van der Waals surface area (Å²) >= 11 is 0. The number of aromatic nitrogens is 4. The highest BCUT2D eigenvalue weighted by Gasteiger charge is 2.18. The molecule has 0 bridgehead atoms. The molecule has 1 N–H and O–H groups in total.